The zero-order valence-electron chi connectivity index (χ0n) is 12.5. The lowest BCUT2D eigenvalue weighted by Gasteiger charge is -2.26. The highest BCUT2D eigenvalue weighted by Gasteiger charge is 2.35. The predicted molar refractivity (Wildman–Crippen MR) is 87.6 cm³/mol. The molecule has 3 heteroatoms. The molecule has 1 unspecified atom stereocenters. The Bertz CT molecular complexity index is 711. The molecule has 0 aliphatic carbocycles. The normalized spacial score (nSPS) is 14.7. The first kappa shape index (κ1) is 14.1. The summed E-state index contributed by atoms with van der Waals surface area (Å²) in [6.45, 7) is 7.98. The number of hydrogen-bond donors (Lipinski definition) is 0. The number of hydrogen-bond acceptors (Lipinski definition) is 2. The lowest BCUT2D eigenvalue weighted by molar-refractivity contribution is 0.0824. The number of carbonyl (C=O) groups excluding carboxylic acids is 1. The Morgan fingerprint density at radius 1 is 1.09 bits per heavy atom. The maximum Gasteiger partial charge on any atom is 0.259 e. The molecule has 0 spiro atoms. The van der Waals surface area contributed by atoms with Crippen molar-refractivity contribution in [3.63, 3.8) is 0 Å². The summed E-state index contributed by atoms with van der Waals surface area (Å²) in [6.07, 6.45) is 1.76. The van der Waals surface area contributed by atoms with Gasteiger partial charge in [-0.25, -0.2) is 0 Å². The number of benzene rings is 2. The van der Waals surface area contributed by atoms with Crippen molar-refractivity contribution >= 4 is 11.6 Å². The highest BCUT2D eigenvalue weighted by Crippen LogP contribution is 2.38. The van der Waals surface area contributed by atoms with Crippen molar-refractivity contribution in [1.82, 2.24) is 4.90 Å². The van der Waals surface area contributed by atoms with Crippen molar-refractivity contribution in [3.05, 3.63) is 84.5 Å². The zero-order valence-corrected chi connectivity index (χ0v) is 12.5. The Balaban J connectivity index is 2.00. The monoisotopic (exact) mass is 291 g/mol. The lowest BCUT2D eigenvalue weighted by atomic mass is 10.0. The van der Waals surface area contributed by atoms with Crippen LogP contribution < -0.4 is 4.74 Å². The number of ether oxygens (including phenoxy) is 1. The minimum absolute atomic E-state index is 0.0404. The summed E-state index contributed by atoms with van der Waals surface area (Å²) >= 11 is 0. The van der Waals surface area contributed by atoms with Crippen molar-refractivity contribution in [2.45, 2.75) is 6.04 Å². The van der Waals surface area contributed by atoms with Crippen LogP contribution in [0.4, 0.5) is 0 Å². The van der Waals surface area contributed by atoms with E-state index in [4.69, 9.17) is 4.74 Å². The smallest absolute Gasteiger partial charge is 0.259 e. The molecular formula is C19H17NO2. The molecule has 1 heterocycles. The Morgan fingerprint density at radius 2 is 1.73 bits per heavy atom. The van der Waals surface area contributed by atoms with Gasteiger partial charge in [0.2, 0.25) is 0 Å². The summed E-state index contributed by atoms with van der Waals surface area (Å²) in [7, 11) is 1.63. The van der Waals surface area contributed by atoms with Crippen LogP contribution in [0, 0.1) is 0 Å². The van der Waals surface area contributed by atoms with E-state index in [1.165, 1.54) is 0 Å². The first-order valence-corrected chi connectivity index (χ1v) is 7.05. The lowest BCUT2D eigenvalue weighted by Crippen LogP contribution is -2.26. The van der Waals surface area contributed by atoms with Crippen LogP contribution in [0.5, 0.6) is 5.75 Å². The molecule has 2 aromatic rings. The Labute approximate surface area is 130 Å². The summed E-state index contributed by atoms with van der Waals surface area (Å²) < 4.78 is 5.18. The third-order valence-corrected chi connectivity index (χ3v) is 3.94. The van der Waals surface area contributed by atoms with Gasteiger partial charge in [0.1, 0.15) is 5.75 Å². The van der Waals surface area contributed by atoms with E-state index in [2.05, 4.69) is 13.2 Å². The van der Waals surface area contributed by atoms with Crippen LogP contribution in [-0.4, -0.2) is 17.9 Å². The molecule has 2 aromatic carbocycles. The number of nitrogens with zero attached hydrogens (tertiary/aromatic N) is 1. The van der Waals surface area contributed by atoms with Crippen molar-refractivity contribution in [2.24, 2.45) is 0 Å². The molecule has 1 atom stereocenters. The largest absolute Gasteiger partial charge is 0.497 e. The SMILES string of the molecule is C=CC(c1ccc(OC)cc1)N1C(=C)c2ccccc2C1=O. The van der Waals surface area contributed by atoms with E-state index < -0.39 is 0 Å². The van der Waals surface area contributed by atoms with Crippen LogP contribution in [0.1, 0.15) is 27.5 Å². The molecule has 0 saturated heterocycles. The van der Waals surface area contributed by atoms with Gasteiger partial charge in [-0.1, -0.05) is 43.0 Å². The molecule has 0 saturated carbocycles. The van der Waals surface area contributed by atoms with Crippen LogP contribution in [0.3, 0.4) is 0 Å². The highest BCUT2D eigenvalue weighted by atomic mass is 16.5. The van der Waals surface area contributed by atoms with Gasteiger partial charge in [-0.15, -0.1) is 6.58 Å². The maximum atomic E-state index is 12.7. The molecule has 1 amide bonds. The molecule has 22 heavy (non-hydrogen) atoms. The van der Waals surface area contributed by atoms with E-state index in [0.29, 0.717) is 11.3 Å². The fourth-order valence-corrected chi connectivity index (χ4v) is 2.79. The number of methoxy groups -OCH3 is 1. The van der Waals surface area contributed by atoms with Gasteiger partial charge in [-0.3, -0.25) is 9.69 Å². The fourth-order valence-electron chi connectivity index (χ4n) is 2.79. The van der Waals surface area contributed by atoms with E-state index in [0.717, 1.165) is 16.9 Å². The van der Waals surface area contributed by atoms with Crippen molar-refractivity contribution < 1.29 is 9.53 Å². The Morgan fingerprint density at radius 3 is 2.27 bits per heavy atom. The Kier molecular flexibility index (Phi) is 3.55. The third kappa shape index (κ3) is 2.11. The molecule has 0 bridgehead atoms. The second-order valence-electron chi connectivity index (χ2n) is 5.12. The van der Waals surface area contributed by atoms with E-state index in [1.54, 1.807) is 18.1 Å². The van der Waals surface area contributed by atoms with Crippen LogP contribution in [0.15, 0.2) is 67.8 Å². The van der Waals surface area contributed by atoms with Gasteiger partial charge < -0.3 is 4.74 Å². The summed E-state index contributed by atoms with van der Waals surface area (Å²) in [6, 6.07) is 14.9. The molecule has 0 N–H and O–H groups in total. The molecule has 0 radical (unpaired) electrons. The first-order valence-electron chi connectivity index (χ1n) is 7.05. The van der Waals surface area contributed by atoms with Crippen molar-refractivity contribution in [2.75, 3.05) is 7.11 Å². The molecule has 0 aromatic heterocycles. The summed E-state index contributed by atoms with van der Waals surface area (Å²) in [5, 5.41) is 0. The van der Waals surface area contributed by atoms with Crippen LogP contribution in [0.2, 0.25) is 0 Å². The van der Waals surface area contributed by atoms with Crippen LogP contribution >= 0.6 is 0 Å². The maximum absolute atomic E-state index is 12.7. The number of amides is 1. The predicted octanol–water partition coefficient (Wildman–Crippen LogP) is 4.05. The van der Waals surface area contributed by atoms with E-state index in [9.17, 15) is 4.79 Å². The van der Waals surface area contributed by atoms with Gasteiger partial charge in [0.25, 0.3) is 5.91 Å². The topological polar surface area (TPSA) is 29.5 Å². The summed E-state index contributed by atoms with van der Waals surface area (Å²) in [5.74, 6) is 0.739. The quantitative estimate of drug-likeness (QED) is 0.795. The minimum Gasteiger partial charge on any atom is -0.497 e. The highest BCUT2D eigenvalue weighted by molar-refractivity contribution is 6.09. The van der Waals surface area contributed by atoms with Gasteiger partial charge in [0.05, 0.1) is 13.2 Å². The van der Waals surface area contributed by atoms with Crippen LogP contribution in [0.25, 0.3) is 5.70 Å². The standard InChI is InChI=1S/C19H17NO2/c1-4-18(14-9-11-15(22-3)12-10-14)20-13(2)16-7-5-6-8-17(16)19(20)21/h4-12,18H,1-2H2,3H3. The zero-order chi connectivity index (χ0) is 15.7. The Hall–Kier alpha value is -2.81. The van der Waals surface area contributed by atoms with E-state index in [1.807, 2.05) is 48.5 Å². The number of rotatable bonds is 4. The molecule has 3 rings (SSSR count). The minimum atomic E-state index is -0.252. The molecule has 110 valence electrons. The fraction of sp³-hybridized carbons (Fsp3) is 0.105. The molecular weight excluding hydrogens is 274 g/mol. The van der Waals surface area contributed by atoms with Crippen LogP contribution in [-0.2, 0) is 0 Å². The van der Waals surface area contributed by atoms with Gasteiger partial charge in [-0.2, -0.15) is 0 Å². The van der Waals surface area contributed by atoms with Crippen molar-refractivity contribution in [3.8, 4) is 5.75 Å². The number of fused-ring (bicyclic) bond motifs is 1. The van der Waals surface area contributed by atoms with Gasteiger partial charge in [0, 0.05) is 16.8 Å². The summed E-state index contributed by atoms with van der Waals surface area (Å²) in [5.41, 5.74) is 3.25. The molecule has 1 aliphatic heterocycles. The molecule has 0 fully saturated rings. The van der Waals surface area contributed by atoms with Crippen molar-refractivity contribution in [1.29, 1.82) is 0 Å². The van der Waals surface area contributed by atoms with E-state index >= 15 is 0 Å². The molecule has 1 aliphatic rings. The average molecular weight is 291 g/mol. The average Bonchev–Trinajstić information content (AvgIpc) is 2.82. The third-order valence-electron chi connectivity index (χ3n) is 3.94. The number of carbonyl (C=O) groups is 1. The van der Waals surface area contributed by atoms with Gasteiger partial charge in [-0.05, 0) is 23.8 Å². The van der Waals surface area contributed by atoms with E-state index in [-0.39, 0.29) is 11.9 Å². The second-order valence-corrected chi connectivity index (χ2v) is 5.12. The molecule has 3 nitrogen and oxygen atoms in total. The van der Waals surface area contributed by atoms with Gasteiger partial charge in [0.15, 0.2) is 0 Å². The second kappa shape index (κ2) is 5.53. The van der Waals surface area contributed by atoms with Gasteiger partial charge >= 0.3 is 0 Å². The first-order chi connectivity index (χ1) is 10.7. The summed E-state index contributed by atoms with van der Waals surface area (Å²) in [4.78, 5) is 14.4.